The average molecular weight is 449 g/mol. The van der Waals surface area contributed by atoms with Crippen molar-refractivity contribution in [3.63, 3.8) is 0 Å². The molecule has 0 aliphatic carbocycles. The molecule has 2 N–H and O–H groups in total. The van der Waals surface area contributed by atoms with Gasteiger partial charge in [-0.05, 0) is 42.9 Å². The zero-order chi connectivity index (χ0) is 23.0. The first-order valence-corrected chi connectivity index (χ1v) is 11.3. The first kappa shape index (κ1) is 22.4. The van der Waals surface area contributed by atoms with Crippen LogP contribution in [0.25, 0.3) is 5.65 Å². The molecule has 1 saturated heterocycles. The number of rotatable bonds is 2. The Morgan fingerprint density at radius 2 is 1.79 bits per heavy atom. The SMILES string of the molecule is O=C1CCC(c2ccccc2)CCNC(=O)CN(C(=O)c2cnc3cccnn23)CCCN1. The summed E-state index contributed by atoms with van der Waals surface area (Å²) in [6, 6.07) is 13.5. The molecule has 1 fully saturated rings. The number of benzene rings is 1. The van der Waals surface area contributed by atoms with Crippen molar-refractivity contribution >= 4 is 23.4 Å². The molecular formula is C24H28N6O3. The van der Waals surface area contributed by atoms with Gasteiger partial charge >= 0.3 is 0 Å². The van der Waals surface area contributed by atoms with Gasteiger partial charge in [-0.25, -0.2) is 9.50 Å². The Morgan fingerprint density at radius 3 is 2.64 bits per heavy atom. The van der Waals surface area contributed by atoms with E-state index >= 15 is 0 Å². The largest absolute Gasteiger partial charge is 0.356 e. The molecule has 0 spiro atoms. The summed E-state index contributed by atoms with van der Waals surface area (Å²) in [5, 5.41) is 10.1. The molecule has 4 rings (SSSR count). The Bertz CT molecular complexity index is 1110. The molecule has 1 aromatic carbocycles. The van der Waals surface area contributed by atoms with E-state index in [-0.39, 0.29) is 30.2 Å². The van der Waals surface area contributed by atoms with Crippen molar-refractivity contribution < 1.29 is 14.4 Å². The maximum Gasteiger partial charge on any atom is 0.274 e. The fourth-order valence-electron chi connectivity index (χ4n) is 4.10. The van der Waals surface area contributed by atoms with Crippen molar-refractivity contribution in [1.82, 2.24) is 30.1 Å². The second-order valence-corrected chi connectivity index (χ2v) is 8.15. The van der Waals surface area contributed by atoms with E-state index in [1.54, 1.807) is 18.3 Å². The highest BCUT2D eigenvalue weighted by molar-refractivity contribution is 5.95. The van der Waals surface area contributed by atoms with Crippen LogP contribution in [0.2, 0.25) is 0 Å². The number of hydrogen-bond acceptors (Lipinski definition) is 5. The fraction of sp³-hybridized carbons (Fsp3) is 0.375. The summed E-state index contributed by atoms with van der Waals surface area (Å²) in [6.45, 7) is 1.17. The quantitative estimate of drug-likeness (QED) is 0.621. The van der Waals surface area contributed by atoms with Gasteiger partial charge in [0.2, 0.25) is 11.8 Å². The van der Waals surface area contributed by atoms with Gasteiger partial charge in [-0.3, -0.25) is 14.4 Å². The molecule has 3 heterocycles. The lowest BCUT2D eigenvalue weighted by Crippen LogP contribution is -2.43. The van der Waals surface area contributed by atoms with Gasteiger partial charge in [0.25, 0.3) is 5.91 Å². The van der Waals surface area contributed by atoms with Crippen LogP contribution in [0.5, 0.6) is 0 Å². The molecule has 1 atom stereocenters. The minimum Gasteiger partial charge on any atom is -0.356 e. The normalized spacial score (nSPS) is 18.9. The van der Waals surface area contributed by atoms with Crippen LogP contribution in [-0.2, 0) is 9.59 Å². The van der Waals surface area contributed by atoms with Crippen molar-refractivity contribution in [2.75, 3.05) is 26.2 Å². The lowest BCUT2D eigenvalue weighted by atomic mass is 9.91. The number of aromatic nitrogens is 3. The van der Waals surface area contributed by atoms with E-state index < -0.39 is 0 Å². The Hall–Kier alpha value is -3.75. The van der Waals surface area contributed by atoms with Crippen LogP contribution < -0.4 is 10.6 Å². The Morgan fingerprint density at radius 1 is 0.970 bits per heavy atom. The average Bonchev–Trinajstić information content (AvgIpc) is 3.27. The van der Waals surface area contributed by atoms with Crippen molar-refractivity contribution in [1.29, 1.82) is 0 Å². The zero-order valence-corrected chi connectivity index (χ0v) is 18.4. The van der Waals surface area contributed by atoms with E-state index in [0.717, 1.165) is 12.0 Å². The van der Waals surface area contributed by atoms with Crippen LogP contribution in [-0.4, -0.2) is 63.4 Å². The van der Waals surface area contributed by atoms with Gasteiger partial charge in [0.1, 0.15) is 0 Å². The van der Waals surface area contributed by atoms with E-state index in [1.807, 2.05) is 18.2 Å². The molecule has 9 nitrogen and oxygen atoms in total. The number of amides is 3. The molecule has 0 bridgehead atoms. The summed E-state index contributed by atoms with van der Waals surface area (Å²) in [4.78, 5) is 44.0. The molecule has 0 radical (unpaired) electrons. The number of imidazole rings is 1. The maximum absolute atomic E-state index is 13.2. The number of carbonyl (C=O) groups is 3. The van der Waals surface area contributed by atoms with E-state index in [9.17, 15) is 14.4 Å². The molecule has 0 saturated carbocycles. The molecule has 2 aromatic heterocycles. The van der Waals surface area contributed by atoms with Crippen LogP contribution in [0, 0.1) is 0 Å². The maximum atomic E-state index is 13.2. The van der Waals surface area contributed by atoms with Crippen LogP contribution in [0.4, 0.5) is 0 Å². The first-order chi connectivity index (χ1) is 16.1. The number of carbonyl (C=O) groups excluding carboxylic acids is 3. The molecular weight excluding hydrogens is 420 g/mol. The fourth-order valence-corrected chi connectivity index (χ4v) is 4.10. The number of nitrogens with one attached hydrogen (secondary N) is 2. The number of hydrogen-bond donors (Lipinski definition) is 2. The van der Waals surface area contributed by atoms with Crippen LogP contribution in [0.3, 0.4) is 0 Å². The van der Waals surface area contributed by atoms with Crippen molar-refractivity contribution in [2.45, 2.75) is 31.6 Å². The summed E-state index contributed by atoms with van der Waals surface area (Å²) >= 11 is 0. The predicted octanol–water partition coefficient (Wildman–Crippen LogP) is 1.76. The molecule has 3 amide bonds. The van der Waals surface area contributed by atoms with Gasteiger partial charge in [0.15, 0.2) is 11.3 Å². The zero-order valence-electron chi connectivity index (χ0n) is 18.4. The van der Waals surface area contributed by atoms with Crippen molar-refractivity contribution in [3.05, 3.63) is 66.1 Å². The smallest absolute Gasteiger partial charge is 0.274 e. The lowest BCUT2D eigenvalue weighted by Gasteiger charge is -2.23. The third kappa shape index (κ3) is 5.74. The number of fused-ring (bicyclic) bond motifs is 1. The molecule has 1 aliphatic rings. The predicted molar refractivity (Wildman–Crippen MR) is 123 cm³/mol. The third-order valence-corrected chi connectivity index (χ3v) is 5.85. The van der Waals surface area contributed by atoms with Crippen molar-refractivity contribution in [3.8, 4) is 0 Å². The summed E-state index contributed by atoms with van der Waals surface area (Å²) in [6.07, 6.45) is 5.45. The van der Waals surface area contributed by atoms with E-state index in [4.69, 9.17) is 0 Å². The monoisotopic (exact) mass is 448 g/mol. The van der Waals surface area contributed by atoms with E-state index in [2.05, 4.69) is 32.8 Å². The van der Waals surface area contributed by atoms with Gasteiger partial charge < -0.3 is 15.5 Å². The standard InChI is InChI=1S/C24H28N6O3/c31-22-10-9-19(18-6-2-1-3-7-18)11-14-26-23(32)17-29(15-5-12-25-22)24(33)20-16-27-21-8-4-13-28-30(20)21/h1-4,6-8,13,16,19H,5,9-12,14-15,17H2,(H,25,31)(H,26,32). The Balaban J connectivity index is 1.47. The Kier molecular flexibility index (Phi) is 7.29. The summed E-state index contributed by atoms with van der Waals surface area (Å²) in [5.74, 6) is -0.363. The van der Waals surface area contributed by atoms with Gasteiger partial charge in [-0.1, -0.05) is 30.3 Å². The molecule has 3 aromatic rings. The van der Waals surface area contributed by atoms with Crippen molar-refractivity contribution in [2.24, 2.45) is 0 Å². The Labute approximate surface area is 192 Å². The second-order valence-electron chi connectivity index (χ2n) is 8.15. The highest BCUT2D eigenvalue weighted by Crippen LogP contribution is 2.24. The van der Waals surface area contributed by atoms with E-state index in [0.29, 0.717) is 50.2 Å². The highest BCUT2D eigenvalue weighted by Gasteiger charge is 2.23. The first-order valence-electron chi connectivity index (χ1n) is 11.3. The summed E-state index contributed by atoms with van der Waals surface area (Å²) < 4.78 is 1.47. The van der Waals surface area contributed by atoms with Gasteiger partial charge in [-0.15, -0.1) is 0 Å². The lowest BCUT2D eigenvalue weighted by molar-refractivity contribution is -0.123. The van der Waals surface area contributed by atoms with E-state index in [1.165, 1.54) is 15.6 Å². The minimum absolute atomic E-state index is 0.000821. The van der Waals surface area contributed by atoms with Gasteiger partial charge in [0, 0.05) is 32.3 Å². The topological polar surface area (TPSA) is 109 Å². The molecule has 9 heteroatoms. The highest BCUT2D eigenvalue weighted by atomic mass is 16.2. The molecule has 33 heavy (non-hydrogen) atoms. The second kappa shape index (κ2) is 10.7. The summed E-state index contributed by atoms with van der Waals surface area (Å²) in [7, 11) is 0. The van der Waals surface area contributed by atoms with Crippen LogP contribution in [0.1, 0.15) is 47.7 Å². The minimum atomic E-state index is -0.322. The van der Waals surface area contributed by atoms with Gasteiger partial charge in [-0.2, -0.15) is 5.10 Å². The van der Waals surface area contributed by atoms with Gasteiger partial charge in [0.05, 0.1) is 12.7 Å². The molecule has 172 valence electrons. The third-order valence-electron chi connectivity index (χ3n) is 5.85. The molecule has 1 aliphatic heterocycles. The van der Waals surface area contributed by atoms with Crippen LogP contribution in [0.15, 0.2) is 54.9 Å². The summed E-state index contributed by atoms with van der Waals surface area (Å²) in [5.41, 5.74) is 2.02. The van der Waals surface area contributed by atoms with Crippen LogP contribution >= 0.6 is 0 Å². The number of nitrogens with zero attached hydrogens (tertiary/aromatic N) is 4. The molecule has 1 unspecified atom stereocenters.